The molecule has 4 aromatic rings. The first kappa shape index (κ1) is 19.3. The zero-order valence-electron chi connectivity index (χ0n) is 17.4. The fourth-order valence-corrected chi connectivity index (χ4v) is 4.19. The van der Waals surface area contributed by atoms with Crippen molar-refractivity contribution in [2.24, 2.45) is 7.05 Å². The number of amides is 1. The molecular weight excluding hydrogens is 390 g/mol. The van der Waals surface area contributed by atoms with E-state index in [1.807, 2.05) is 68.0 Å². The van der Waals surface area contributed by atoms with Gasteiger partial charge in [0.05, 0.1) is 12.3 Å². The lowest BCUT2D eigenvalue weighted by Gasteiger charge is -2.34. The molecule has 0 fully saturated rings. The molecule has 2 aromatic carbocycles. The average molecular weight is 413 g/mol. The highest BCUT2D eigenvalue weighted by atomic mass is 16.3. The van der Waals surface area contributed by atoms with Crippen LogP contribution >= 0.6 is 0 Å². The third kappa shape index (κ3) is 3.33. The van der Waals surface area contributed by atoms with E-state index >= 15 is 0 Å². The number of rotatable bonds is 3. The molecule has 2 N–H and O–H groups in total. The van der Waals surface area contributed by atoms with E-state index in [1.54, 1.807) is 11.7 Å². The normalized spacial score (nSPS) is 15.7. The van der Waals surface area contributed by atoms with Crippen molar-refractivity contribution in [3.8, 4) is 11.1 Å². The van der Waals surface area contributed by atoms with E-state index in [-0.39, 0.29) is 5.91 Å². The number of pyridine rings is 1. The van der Waals surface area contributed by atoms with E-state index in [4.69, 9.17) is 4.98 Å². The highest BCUT2D eigenvalue weighted by Gasteiger charge is 2.27. The van der Waals surface area contributed by atoms with Crippen molar-refractivity contribution in [2.45, 2.75) is 12.5 Å². The Bertz CT molecular complexity index is 1300. The second-order valence-electron chi connectivity index (χ2n) is 7.76. The Kier molecular flexibility index (Phi) is 4.67. The number of hydrogen-bond donors (Lipinski definition) is 2. The Morgan fingerprint density at radius 3 is 2.77 bits per heavy atom. The maximum Gasteiger partial charge on any atom is 0.269 e. The van der Waals surface area contributed by atoms with Gasteiger partial charge in [0.2, 0.25) is 0 Å². The molecule has 7 heteroatoms. The smallest absolute Gasteiger partial charge is 0.269 e. The number of nitrogens with one attached hydrogen (secondary N) is 1. The highest BCUT2D eigenvalue weighted by Crippen LogP contribution is 2.41. The highest BCUT2D eigenvalue weighted by molar-refractivity contribution is 6.01. The van der Waals surface area contributed by atoms with Crippen molar-refractivity contribution in [2.75, 3.05) is 18.5 Å². The van der Waals surface area contributed by atoms with Crippen molar-refractivity contribution < 1.29 is 9.90 Å². The fourth-order valence-electron chi connectivity index (χ4n) is 4.19. The van der Waals surface area contributed by atoms with Crippen molar-refractivity contribution in [3.63, 3.8) is 0 Å². The summed E-state index contributed by atoms with van der Waals surface area (Å²) in [5.41, 5.74) is 4.13. The summed E-state index contributed by atoms with van der Waals surface area (Å²) in [5, 5.41) is 19.6. The molecule has 2 aromatic heterocycles. The summed E-state index contributed by atoms with van der Waals surface area (Å²) in [5.74, 6) is 0.496. The van der Waals surface area contributed by atoms with Gasteiger partial charge in [0.25, 0.3) is 5.91 Å². The van der Waals surface area contributed by atoms with Gasteiger partial charge in [0.15, 0.2) is 0 Å². The number of aromatic nitrogens is 3. The van der Waals surface area contributed by atoms with Gasteiger partial charge in [-0.25, -0.2) is 4.98 Å². The summed E-state index contributed by atoms with van der Waals surface area (Å²) in [6, 6.07) is 15.8. The number of aliphatic hydroxyl groups excluding tert-OH is 1. The molecule has 1 amide bonds. The quantitative estimate of drug-likeness (QED) is 0.537. The van der Waals surface area contributed by atoms with E-state index < -0.39 is 6.10 Å². The van der Waals surface area contributed by atoms with Gasteiger partial charge in [-0.1, -0.05) is 30.3 Å². The maximum atomic E-state index is 12.4. The molecule has 0 aliphatic carbocycles. The van der Waals surface area contributed by atoms with Crippen LogP contribution in [0, 0.1) is 0 Å². The van der Waals surface area contributed by atoms with Gasteiger partial charge in [-0.2, -0.15) is 5.10 Å². The van der Waals surface area contributed by atoms with Crippen molar-refractivity contribution in [3.05, 3.63) is 72.2 Å². The first-order chi connectivity index (χ1) is 15.0. The van der Waals surface area contributed by atoms with E-state index in [1.165, 1.54) is 0 Å². The average Bonchev–Trinajstić information content (AvgIpc) is 3.24. The topological polar surface area (TPSA) is 83.3 Å². The van der Waals surface area contributed by atoms with Crippen molar-refractivity contribution in [1.29, 1.82) is 0 Å². The first-order valence-electron chi connectivity index (χ1n) is 10.3. The number of hydrogen-bond acceptors (Lipinski definition) is 5. The van der Waals surface area contributed by atoms with Gasteiger partial charge in [-0.05, 0) is 35.6 Å². The molecule has 5 rings (SSSR count). The molecule has 0 saturated heterocycles. The monoisotopic (exact) mass is 413 g/mol. The number of anilines is 2. The molecule has 1 aliphatic rings. The summed E-state index contributed by atoms with van der Waals surface area (Å²) >= 11 is 0. The Morgan fingerprint density at radius 2 is 2.00 bits per heavy atom. The lowest BCUT2D eigenvalue weighted by Crippen LogP contribution is -2.29. The summed E-state index contributed by atoms with van der Waals surface area (Å²) in [7, 11) is 3.49. The van der Waals surface area contributed by atoms with Crippen LogP contribution < -0.4 is 10.2 Å². The molecule has 1 unspecified atom stereocenters. The van der Waals surface area contributed by atoms with Crippen LogP contribution in [-0.4, -0.2) is 39.4 Å². The SMILES string of the molecule is CNC(=O)c1cc2ccccc2c(N2CCC(O)c3cc(-c4cnn(C)c4)ccc32)n1. The lowest BCUT2D eigenvalue weighted by atomic mass is 9.94. The van der Waals surface area contributed by atoms with E-state index in [0.29, 0.717) is 18.7 Å². The Labute approximate surface area is 180 Å². The number of aliphatic hydroxyl groups is 1. The van der Waals surface area contributed by atoms with Crippen LogP contribution in [0.3, 0.4) is 0 Å². The van der Waals surface area contributed by atoms with Crippen LogP contribution in [0.15, 0.2) is 60.9 Å². The second-order valence-corrected chi connectivity index (χ2v) is 7.76. The first-order valence-corrected chi connectivity index (χ1v) is 10.3. The Hall–Kier alpha value is -3.71. The largest absolute Gasteiger partial charge is 0.388 e. The lowest BCUT2D eigenvalue weighted by molar-refractivity contribution is 0.0958. The zero-order chi connectivity index (χ0) is 21.5. The second kappa shape index (κ2) is 7.52. The predicted molar refractivity (Wildman–Crippen MR) is 120 cm³/mol. The summed E-state index contributed by atoms with van der Waals surface area (Å²) < 4.78 is 1.76. The molecule has 0 bridgehead atoms. The van der Waals surface area contributed by atoms with Gasteiger partial charge < -0.3 is 15.3 Å². The molecule has 0 radical (unpaired) electrons. The Balaban J connectivity index is 1.67. The molecule has 156 valence electrons. The van der Waals surface area contributed by atoms with Gasteiger partial charge in [0.1, 0.15) is 11.5 Å². The van der Waals surface area contributed by atoms with Gasteiger partial charge in [-0.3, -0.25) is 9.48 Å². The molecule has 0 spiro atoms. The third-order valence-corrected chi connectivity index (χ3v) is 5.78. The standard InChI is InChI=1S/C24H23N5O2/c1-25-24(31)20-12-16-5-3-4-6-18(16)23(27-20)29-10-9-22(30)19-11-15(7-8-21(19)29)17-13-26-28(2)14-17/h3-8,11-14,22,30H,9-10H2,1-2H3,(H,25,31). The number of carbonyl (C=O) groups excluding carboxylic acids is 1. The molecule has 1 aliphatic heterocycles. The maximum absolute atomic E-state index is 12.4. The summed E-state index contributed by atoms with van der Waals surface area (Å²) in [6.45, 7) is 0.606. The van der Waals surface area contributed by atoms with Crippen LogP contribution in [0.2, 0.25) is 0 Å². The minimum Gasteiger partial charge on any atom is -0.388 e. The summed E-state index contributed by atoms with van der Waals surface area (Å²) in [6.07, 6.45) is 3.79. The number of nitrogens with zero attached hydrogens (tertiary/aromatic N) is 4. The summed E-state index contributed by atoms with van der Waals surface area (Å²) in [4.78, 5) is 19.2. The molecule has 0 saturated carbocycles. The van der Waals surface area contributed by atoms with Crippen molar-refractivity contribution in [1.82, 2.24) is 20.1 Å². The van der Waals surface area contributed by atoms with Crippen molar-refractivity contribution >= 4 is 28.2 Å². The number of carbonyl (C=O) groups is 1. The molecule has 31 heavy (non-hydrogen) atoms. The van der Waals surface area contributed by atoms with E-state index in [9.17, 15) is 9.90 Å². The molecular formula is C24H23N5O2. The molecule has 1 atom stereocenters. The van der Waals surface area contributed by atoms with E-state index in [2.05, 4.69) is 15.3 Å². The molecule has 7 nitrogen and oxygen atoms in total. The number of benzene rings is 2. The van der Waals surface area contributed by atoms with Crippen LogP contribution in [0.25, 0.3) is 21.9 Å². The fraction of sp³-hybridized carbons (Fsp3) is 0.208. The zero-order valence-corrected chi connectivity index (χ0v) is 17.4. The Morgan fingerprint density at radius 1 is 1.16 bits per heavy atom. The van der Waals surface area contributed by atoms with Gasteiger partial charge in [-0.15, -0.1) is 0 Å². The van der Waals surface area contributed by atoms with E-state index in [0.717, 1.165) is 39.0 Å². The van der Waals surface area contributed by atoms with Crippen LogP contribution in [0.4, 0.5) is 11.5 Å². The molecule has 3 heterocycles. The number of fused-ring (bicyclic) bond motifs is 2. The third-order valence-electron chi connectivity index (χ3n) is 5.78. The minimum absolute atomic E-state index is 0.226. The van der Waals surface area contributed by atoms with Gasteiger partial charge in [0, 0.05) is 49.0 Å². The van der Waals surface area contributed by atoms with Crippen LogP contribution in [0.5, 0.6) is 0 Å². The number of aryl methyl sites for hydroxylation is 1. The predicted octanol–water partition coefficient (Wildman–Crippen LogP) is 3.57. The van der Waals surface area contributed by atoms with Gasteiger partial charge >= 0.3 is 0 Å². The van der Waals surface area contributed by atoms with Crippen LogP contribution in [-0.2, 0) is 7.05 Å². The minimum atomic E-state index is -0.559. The van der Waals surface area contributed by atoms with Crippen LogP contribution in [0.1, 0.15) is 28.6 Å².